The Labute approximate surface area is 111 Å². The van der Waals surface area contributed by atoms with E-state index < -0.39 is 10.0 Å². The molecule has 2 N–H and O–H groups in total. The van der Waals surface area contributed by atoms with Crippen molar-refractivity contribution in [2.45, 2.75) is 39.2 Å². The van der Waals surface area contributed by atoms with Crippen LogP contribution in [0.1, 0.15) is 33.1 Å². The molecule has 1 saturated carbocycles. The van der Waals surface area contributed by atoms with E-state index in [-0.39, 0.29) is 5.75 Å². The molecule has 0 saturated heterocycles. The maximum atomic E-state index is 11.7. The summed E-state index contributed by atoms with van der Waals surface area (Å²) in [6.07, 6.45) is 3.20. The summed E-state index contributed by atoms with van der Waals surface area (Å²) >= 11 is 0. The van der Waals surface area contributed by atoms with Crippen LogP contribution in [0, 0.1) is 0 Å². The third-order valence-electron chi connectivity index (χ3n) is 3.21. The molecular weight excluding hydrogens is 250 g/mol. The molecule has 0 aliphatic heterocycles. The van der Waals surface area contributed by atoms with Crippen LogP contribution in [0.4, 0.5) is 0 Å². The number of nitrogens with one attached hydrogen (secondary N) is 2. The zero-order valence-electron chi connectivity index (χ0n) is 11.6. The van der Waals surface area contributed by atoms with E-state index in [4.69, 9.17) is 0 Å². The number of rotatable bonds is 11. The molecule has 0 amide bonds. The first kappa shape index (κ1) is 15.9. The molecule has 0 aromatic carbocycles. The number of hydrogen-bond acceptors (Lipinski definition) is 4. The molecule has 1 rings (SSSR count). The van der Waals surface area contributed by atoms with Crippen molar-refractivity contribution < 1.29 is 8.42 Å². The van der Waals surface area contributed by atoms with Crippen molar-refractivity contribution in [2.24, 2.45) is 0 Å². The van der Waals surface area contributed by atoms with Gasteiger partial charge in [0.2, 0.25) is 10.0 Å². The molecule has 0 radical (unpaired) electrons. The Morgan fingerprint density at radius 1 is 1.22 bits per heavy atom. The van der Waals surface area contributed by atoms with Gasteiger partial charge in [-0.2, -0.15) is 0 Å². The van der Waals surface area contributed by atoms with Gasteiger partial charge in [0, 0.05) is 19.1 Å². The molecule has 0 aromatic heterocycles. The van der Waals surface area contributed by atoms with E-state index in [0.717, 1.165) is 26.2 Å². The van der Waals surface area contributed by atoms with E-state index in [2.05, 4.69) is 21.9 Å². The number of sulfonamides is 1. The van der Waals surface area contributed by atoms with Gasteiger partial charge in [-0.3, -0.25) is 4.90 Å². The van der Waals surface area contributed by atoms with Crippen molar-refractivity contribution in [1.82, 2.24) is 14.9 Å². The normalized spacial score (nSPS) is 16.4. The van der Waals surface area contributed by atoms with Gasteiger partial charge in [0.25, 0.3) is 0 Å². The minimum absolute atomic E-state index is 0.218. The van der Waals surface area contributed by atoms with Crippen molar-refractivity contribution in [3.05, 3.63) is 0 Å². The summed E-state index contributed by atoms with van der Waals surface area (Å²) in [5.41, 5.74) is 0. The monoisotopic (exact) mass is 277 g/mol. The number of likely N-dealkylation sites (N-methyl/N-ethyl adjacent to an activating group) is 1. The highest BCUT2D eigenvalue weighted by Crippen LogP contribution is 2.25. The highest BCUT2D eigenvalue weighted by Gasteiger charge is 2.27. The van der Waals surface area contributed by atoms with Crippen LogP contribution in [0.3, 0.4) is 0 Å². The first-order valence-corrected chi connectivity index (χ1v) is 8.66. The van der Waals surface area contributed by atoms with Crippen LogP contribution >= 0.6 is 0 Å². The van der Waals surface area contributed by atoms with E-state index in [1.54, 1.807) is 0 Å². The predicted molar refractivity (Wildman–Crippen MR) is 75.2 cm³/mol. The van der Waals surface area contributed by atoms with Crippen LogP contribution in [0.15, 0.2) is 0 Å². The van der Waals surface area contributed by atoms with E-state index >= 15 is 0 Å². The Hall–Kier alpha value is -0.170. The zero-order chi connectivity index (χ0) is 13.4. The SMILES string of the molecule is CCNCCCS(=O)(=O)NCCN(CC)C1CC1. The Morgan fingerprint density at radius 2 is 1.94 bits per heavy atom. The standard InChI is InChI=1S/C12H27N3O2S/c1-3-13-8-5-11-18(16,17)14-9-10-15(4-2)12-6-7-12/h12-14H,3-11H2,1-2H3. The average molecular weight is 277 g/mol. The van der Waals surface area contributed by atoms with Crippen molar-refractivity contribution >= 4 is 10.0 Å². The summed E-state index contributed by atoms with van der Waals surface area (Å²) in [5.74, 6) is 0.218. The molecular formula is C12H27N3O2S. The second kappa shape index (κ2) is 8.09. The number of nitrogens with zero attached hydrogens (tertiary/aromatic N) is 1. The highest BCUT2D eigenvalue weighted by atomic mass is 32.2. The van der Waals surface area contributed by atoms with Gasteiger partial charge < -0.3 is 5.32 Å². The van der Waals surface area contributed by atoms with Gasteiger partial charge in [0.1, 0.15) is 0 Å². The van der Waals surface area contributed by atoms with Crippen molar-refractivity contribution in [1.29, 1.82) is 0 Å². The van der Waals surface area contributed by atoms with E-state index in [1.807, 2.05) is 6.92 Å². The van der Waals surface area contributed by atoms with Crippen LogP contribution in [-0.4, -0.2) is 57.8 Å². The lowest BCUT2D eigenvalue weighted by Crippen LogP contribution is -2.37. The third kappa shape index (κ3) is 6.68. The summed E-state index contributed by atoms with van der Waals surface area (Å²) in [4.78, 5) is 2.35. The first-order valence-electron chi connectivity index (χ1n) is 7.01. The Bertz CT molecular complexity index is 315. The summed E-state index contributed by atoms with van der Waals surface area (Å²) in [6.45, 7) is 8.17. The minimum Gasteiger partial charge on any atom is -0.317 e. The van der Waals surface area contributed by atoms with Gasteiger partial charge in [-0.25, -0.2) is 13.1 Å². The second-order valence-corrected chi connectivity index (χ2v) is 6.71. The molecule has 6 heteroatoms. The van der Waals surface area contributed by atoms with Gasteiger partial charge in [-0.15, -0.1) is 0 Å². The molecule has 0 atom stereocenters. The first-order chi connectivity index (χ1) is 8.59. The van der Waals surface area contributed by atoms with Crippen molar-refractivity contribution in [3.63, 3.8) is 0 Å². The third-order valence-corrected chi connectivity index (χ3v) is 4.68. The quantitative estimate of drug-likeness (QED) is 0.536. The second-order valence-electron chi connectivity index (χ2n) is 4.78. The summed E-state index contributed by atoms with van der Waals surface area (Å²) in [7, 11) is -3.09. The molecule has 0 bridgehead atoms. The summed E-state index contributed by atoms with van der Waals surface area (Å²) in [6, 6.07) is 0.702. The Balaban J connectivity index is 2.12. The molecule has 0 heterocycles. The molecule has 0 unspecified atom stereocenters. The van der Waals surface area contributed by atoms with Crippen LogP contribution in [-0.2, 0) is 10.0 Å². The van der Waals surface area contributed by atoms with E-state index in [0.29, 0.717) is 19.0 Å². The fourth-order valence-electron chi connectivity index (χ4n) is 2.02. The van der Waals surface area contributed by atoms with Crippen molar-refractivity contribution in [2.75, 3.05) is 38.5 Å². The largest absolute Gasteiger partial charge is 0.317 e. The Kier molecular flexibility index (Phi) is 7.14. The minimum atomic E-state index is -3.09. The molecule has 1 aliphatic carbocycles. The van der Waals surface area contributed by atoms with Gasteiger partial charge in [-0.1, -0.05) is 13.8 Å². The predicted octanol–water partition coefficient (Wildman–Crippen LogP) is 0.390. The van der Waals surface area contributed by atoms with Crippen LogP contribution in [0.25, 0.3) is 0 Å². The van der Waals surface area contributed by atoms with Crippen molar-refractivity contribution in [3.8, 4) is 0 Å². The van der Waals surface area contributed by atoms with Gasteiger partial charge in [0.15, 0.2) is 0 Å². The lowest BCUT2D eigenvalue weighted by atomic mass is 10.4. The highest BCUT2D eigenvalue weighted by molar-refractivity contribution is 7.89. The molecule has 18 heavy (non-hydrogen) atoms. The summed E-state index contributed by atoms with van der Waals surface area (Å²) in [5, 5.41) is 3.13. The molecule has 0 aromatic rings. The fraction of sp³-hybridized carbons (Fsp3) is 1.00. The lowest BCUT2D eigenvalue weighted by Gasteiger charge is -2.19. The topological polar surface area (TPSA) is 61.4 Å². The lowest BCUT2D eigenvalue weighted by molar-refractivity contribution is 0.282. The molecule has 1 fully saturated rings. The number of hydrogen-bond donors (Lipinski definition) is 2. The van der Waals surface area contributed by atoms with Crippen LogP contribution in [0.2, 0.25) is 0 Å². The van der Waals surface area contributed by atoms with Gasteiger partial charge >= 0.3 is 0 Å². The Morgan fingerprint density at radius 3 is 2.50 bits per heavy atom. The maximum Gasteiger partial charge on any atom is 0.211 e. The van der Waals surface area contributed by atoms with Gasteiger partial charge in [0.05, 0.1) is 5.75 Å². The van der Waals surface area contributed by atoms with Crippen LogP contribution < -0.4 is 10.0 Å². The maximum absolute atomic E-state index is 11.7. The molecule has 1 aliphatic rings. The van der Waals surface area contributed by atoms with E-state index in [9.17, 15) is 8.42 Å². The van der Waals surface area contributed by atoms with Crippen LogP contribution in [0.5, 0.6) is 0 Å². The fourth-order valence-corrected chi connectivity index (χ4v) is 3.09. The molecule has 5 nitrogen and oxygen atoms in total. The van der Waals surface area contributed by atoms with E-state index in [1.165, 1.54) is 12.8 Å². The molecule has 0 spiro atoms. The molecule has 108 valence electrons. The zero-order valence-corrected chi connectivity index (χ0v) is 12.4. The smallest absolute Gasteiger partial charge is 0.211 e. The average Bonchev–Trinajstić information content (AvgIpc) is 3.14. The van der Waals surface area contributed by atoms with Gasteiger partial charge in [-0.05, 0) is 38.9 Å². The summed E-state index contributed by atoms with van der Waals surface area (Å²) < 4.78 is 26.1.